The molecule has 0 spiro atoms. The van der Waals surface area contributed by atoms with E-state index in [1.807, 2.05) is 18.2 Å². The summed E-state index contributed by atoms with van der Waals surface area (Å²) in [4.78, 5) is 13.6. The molecule has 1 rings (SSSR count). The van der Waals surface area contributed by atoms with Crippen molar-refractivity contribution in [1.82, 2.24) is 4.90 Å². The minimum atomic E-state index is 0.0808. The second-order valence-corrected chi connectivity index (χ2v) is 4.28. The zero-order valence-electron chi connectivity index (χ0n) is 11.1. The summed E-state index contributed by atoms with van der Waals surface area (Å²) >= 11 is 0. The number of aldehydes is 1. The van der Waals surface area contributed by atoms with E-state index in [-0.39, 0.29) is 12.0 Å². The molecular weight excluding hydrogens is 210 g/mol. The van der Waals surface area contributed by atoms with Crippen molar-refractivity contribution in [3.63, 3.8) is 0 Å². The van der Waals surface area contributed by atoms with Gasteiger partial charge in [0.05, 0.1) is 0 Å². The molecule has 0 fully saturated rings. The highest BCUT2D eigenvalue weighted by atomic mass is 16.1. The number of nitrogens with zero attached hydrogens (tertiary/aromatic N) is 1. The lowest BCUT2D eigenvalue weighted by molar-refractivity contribution is -0.113. The topological polar surface area (TPSA) is 20.3 Å². The van der Waals surface area contributed by atoms with Crippen molar-refractivity contribution >= 4 is 6.29 Å². The van der Waals surface area contributed by atoms with E-state index in [0.717, 1.165) is 25.8 Å². The third kappa shape index (κ3) is 3.40. The first-order chi connectivity index (χ1) is 8.28. The molecule has 1 aromatic rings. The molecule has 1 aromatic carbocycles. The first-order valence-electron chi connectivity index (χ1n) is 6.52. The van der Waals surface area contributed by atoms with Gasteiger partial charge in [0.1, 0.15) is 6.29 Å². The highest BCUT2D eigenvalue weighted by molar-refractivity contribution is 5.55. The third-order valence-electron chi connectivity index (χ3n) is 3.40. The van der Waals surface area contributed by atoms with Crippen LogP contribution in [0.15, 0.2) is 30.3 Å². The van der Waals surface area contributed by atoms with E-state index in [1.54, 1.807) is 0 Å². The molecule has 0 bridgehead atoms. The normalized spacial score (nSPS) is 14.6. The Balaban J connectivity index is 3.05. The van der Waals surface area contributed by atoms with Crippen LogP contribution in [-0.4, -0.2) is 24.3 Å². The Kier molecular flexibility index (Phi) is 5.92. The predicted molar refractivity (Wildman–Crippen MR) is 71.9 cm³/mol. The van der Waals surface area contributed by atoms with Gasteiger partial charge < -0.3 is 4.79 Å². The van der Waals surface area contributed by atoms with Gasteiger partial charge in [-0.3, -0.25) is 4.90 Å². The Morgan fingerprint density at radius 2 is 1.71 bits per heavy atom. The van der Waals surface area contributed by atoms with Crippen molar-refractivity contribution in [2.24, 2.45) is 5.92 Å². The molecular formula is C15H23NO. The van der Waals surface area contributed by atoms with Crippen LogP contribution in [0.2, 0.25) is 0 Å². The van der Waals surface area contributed by atoms with Gasteiger partial charge in [0.2, 0.25) is 0 Å². The first-order valence-corrected chi connectivity index (χ1v) is 6.52. The molecule has 2 heteroatoms. The van der Waals surface area contributed by atoms with Crippen LogP contribution < -0.4 is 0 Å². The van der Waals surface area contributed by atoms with Crippen LogP contribution in [0.25, 0.3) is 0 Å². The Labute approximate surface area is 105 Å². The van der Waals surface area contributed by atoms with Gasteiger partial charge >= 0.3 is 0 Å². The fourth-order valence-electron chi connectivity index (χ4n) is 2.39. The third-order valence-corrected chi connectivity index (χ3v) is 3.40. The minimum absolute atomic E-state index is 0.0808. The zero-order valence-corrected chi connectivity index (χ0v) is 11.1. The molecule has 0 aliphatic carbocycles. The number of carbonyl (C=O) groups is 1. The second kappa shape index (κ2) is 7.23. The van der Waals surface area contributed by atoms with Crippen molar-refractivity contribution in [1.29, 1.82) is 0 Å². The second-order valence-electron chi connectivity index (χ2n) is 4.28. The summed E-state index contributed by atoms with van der Waals surface area (Å²) in [5.41, 5.74) is 1.25. The van der Waals surface area contributed by atoms with Gasteiger partial charge in [0.25, 0.3) is 0 Å². The molecule has 0 radical (unpaired) electrons. The lowest BCUT2D eigenvalue weighted by Crippen LogP contribution is -2.34. The fourth-order valence-corrected chi connectivity index (χ4v) is 2.39. The van der Waals surface area contributed by atoms with Crippen molar-refractivity contribution in [2.45, 2.75) is 33.2 Å². The summed E-state index contributed by atoms with van der Waals surface area (Å²) in [6.45, 7) is 8.33. The Bertz CT molecular complexity index is 319. The number of hydrogen-bond donors (Lipinski definition) is 0. The van der Waals surface area contributed by atoms with Crippen LogP contribution in [0, 0.1) is 5.92 Å². The quantitative estimate of drug-likeness (QED) is 0.673. The van der Waals surface area contributed by atoms with Crippen molar-refractivity contribution < 1.29 is 4.79 Å². The maximum Gasteiger partial charge on any atom is 0.124 e. The van der Waals surface area contributed by atoms with E-state index in [1.165, 1.54) is 5.56 Å². The molecule has 2 nitrogen and oxygen atoms in total. The lowest BCUT2D eigenvalue weighted by Gasteiger charge is -2.33. The maximum atomic E-state index is 11.3. The summed E-state index contributed by atoms with van der Waals surface area (Å²) in [5.74, 6) is 0.0808. The number of carbonyl (C=O) groups excluding carboxylic acids is 1. The fraction of sp³-hybridized carbons (Fsp3) is 0.533. The summed E-state index contributed by atoms with van der Waals surface area (Å²) in [6, 6.07) is 10.6. The highest BCUT2D eigenvalue weighted by Crippen LogP contribution is 2.29. The highest BCUT2D eigenvalue weighted by Gasteiger charge is 2.25. The van der Waals surface area contributed by atoms with E-state index in [4.69, 9.17) is 0 Å². The largest absolute Gasteiger partial charge is 0.303 e. The van der Waals surface area contributed by atoms with Crippen LogP contribution in [0.3, 0.4) is 0 Å². The average molecular weight is 233 g/mol. The predicted octanol–water partition coefficient (Wildman–Crippen LogP) is 3.29. The van der Waals surface area contributed by atoms with Gasteiger partial charge in [-0.1, -0.05) is 51.1 Å². The molecule has 0 amide bonds. The van der Waals surface area contributed by atoms with Crippen LogP contribution in [0.1, 0.15) is 38.8 Å². The molecule has 0 saturated carbocycles. The smallest absolute Gasteiger partial charge is 0.124 e. The van der Waals surface area contributed by atoms with E-state index >= 15 is 0 Å². The standard InChI is InChI=1S/C15H23NO/c1-4-13(12-17)15(16(5-2)6-3)14-10-8-7-9-11-14/h7-13,15H,4-6H2,1-3H3/t13-,15-/m1/s1. The van der Waals surface area contributed by atoms with Crippen molar-refractivity contribution in [3.05, 3.63) is 35.9 Å². The minimum Gasteiger partial charge on any atom is -0.303 e. The molecule has 0 aliphatic heterocycles. The van der Waals surface area contributed by atoms with Gasteiger partial charge in [0.15, 0.2) is 0 Å². The Hall–Kier alpha value is -1.15. The van der Waals surface area contributed by atoms with Gasteiger partial charge in [-0.25, -0.2) is 0 Å². The average Bonchev–Trinajstić information content (AvgIpc) is 2.40. The monoisotopic (exact) mass is 233 g/mol. The SMILES string of the molecule is CC[C@H](C=O)[C@H](c1ccccc1)N(CC)CC. The number of rotatable bonds is 7. The summed E-state index contributed by atoms with van der Waals surface area (Å²) in [5, 5.41) is 0. The van der Waals surface area contributed by atoms with Crippen molar-refractivity contribution in [2.75, 3.05) is 13.1 Å². The van der Waals surface area contributed by atoms with Crippen molar-refractivity contribution in [3.8, 4) is 0 Å². The molecule has 0 heterocycles. The first kappa shape index (κ1) is 13.9. The van der Waals surface area contributed by atoms with E-state index in [2.05, 4.69) is 37.8 Å². The van der Waals surface area contributed by atoms with Gasteiger partial charge in [-0.05, 0) is 25.1 Å². The Morgan fingerprint density at radius 1 is 1.12 bits per heavy atom. The van der Waals surface area contributed by atoms with Gasteiger partial charge in [-0.2, -0.15) is 0 Å². The van der Waals surface area contributed by atoms with Gasteiger partial charge in [0, 0.05) is 12.0 Å². The molecule has 0 N–H and O–H groups in total. The lowest BCUT2D eigenvalue weighted by atomic mass is 9.90. The molecule has 0 saturated heterocycles. The number of benzene rings is 1. The molecule has 17 heavy (non-hydrogen) atoms. The van der Waals surface area contributed by atoms with Crippen LogP contribution >= 0.6 is 0 Å². The molecule has 0 aliphatic rings. The molecule has 0 unspecified atom stereocenters. The van der Waals surface area contributed by atoms with Gasteiger partial charge in [-0.15, -0.1) is 0 Å². The Morgan fingerprint density at radius 3 is 2.12 bits per heavy atom. The van der Waals surface area contributed by atoms with E-state index in [9.17, 15) is 4.79 Å². The summed E-state index contributed by atoms with van der Waals surface area (Å²) in [7, 11) is 0. The van der Waals surface area contributed by atoms with Crippen LogP contribution in [-0.2, 0) is 4.79 Å². The summed E-state index contributed by atoms with van der Waals surface area (Å²) in [6.07, 6.45) is 2.00. The maximum absolute atomic E-state index is 11.3. The van der Waals surface area contributed by atoms with E-state index in [0.29, 0.717) is 0 Å². The molecule has 94 valence electrons. The van der Waals surface area contributed by atoms with E-state index < -0.39 is 0 Å². The summed E-state index contributed by atoms with van der Waals surface area (Å²) < 4.78 is 0. The molecule has 2 atom stereocenters. The number of hydrogen-bond acceptors (Lipinski definition) is 2. The van der Waals surface area contributed by atoms with Crippen LogP contribution in [0.4, 0.5) is 0 Å². The van der Waals surface area contributed by atoms with Crippen LogP contribution in [0.5, 0.6) is 0 Å². The molecule has 0 aromatic heterocycles. The zero-order chi connectivity index (χ0) is 12.7.